The van der Waals surface area contributed by atoms with E-state index in [0.717, 1.165) is 11.8 Å². The summed E-state index contributed by atoms with van der Waals surface area (Å²) in [4.78, 5) is 13.2. The summed E-state index contributed by atoms with van der Waals surface area (Å²) in [6.45, 7) is 3.44. The van der Waals surface area contributed by atoms with Crippen molar-refractivity contribution in [3.8, 4) is 0 Å². The van der Waals surface area contributed by atoms with Crippen molar-refractivity contribution in [2.24, 2.45) is 28.6 Å². The molecule has 144 valence electrons. The SMILES string of the molecule is CCCCN(C)C.O=C(O)CC1CCC2(CC2)C2CCC3(CC3)C2C1. The highest BCUT2D eigenvalue weighted by atomic mass is 16.4. The molecule has 0 bridgehead atoms. The normalized spacial score (nSPS) is 33.5. The molecule has 0 aliphatic heterocycles. The topological polar surface area (TPSA) is 40.5 Å². The van der Waals surface area contributed by atoms with Crippen molar-refractivity contribution in [2.75, 3.05) is 20.6 Å². The van der Waals surface area contributed by atoms with Crippen molar-refractivity contribution >= 4 is 5.97 Å². The Morgan fingerprint density at radius 3 is 2.08 bits per heavy atom. The molecule has 0 saturated heterocycles. The average Bonchev–Trinajstić information content (AvgIpc) is 3.44. The first-order valence-electron chi connectivity index (χ1n) is 10.8. The highest BCUT2D eigenvalue weighted by Gasteiger charge is 2.64. The molecule has 3 unspecified atom stereocenters. The quantitative estimate of drug-likeness (QED) is 0.742. The molecule has 0 aromatic carbocycles. The number of aliphatic carboxylic acids is 1. The smallest absolute Gasteiger partial charge is 0.303 e. The maximum Gasteiger partial charge on any atom is 0.303 e. The minimum atomic E-state index is -0.578. The first kappa shape index (κ1) is 19.2. The third-order valence-electron chi connectivity index (χ3n) is 7.86. The van der Waals surface area contributed by atoms with Crippen LogP contribution in [0.25, 0.3) is 0 Å². The van der Waals surface area contributed by atoms with E-state index in [2.05, 4.69) is 25.9 Å². The number of hydrogen-bond donors (Lipinski definition) is 1. The van der Waals surface area contributed by atoms with Gasteiger partial charge in [-0.15, -0.1) is 0 Å². The van der Waals surface area contributed by atoms with Crippen LogP contribution in [0.3, 0.4) is 0 Å². The van der Waals surface area contributed by atoms with Crippen LogP contribution in [-0.4, -0.2) is 36.6 Å². The predicted molar refractivity (Wildman–Crippen MR) is 103 cm³/mol. The Balaban J connectivity index is 0.000000225. The fourth-order valence-electron chi connectivity index (χ4n) is 6.03. The molecule has 4 fully saturated rings. The molecule has 1 N–H and O–H groups in total. The zero-order chi connectivity index (χ0) is 18.1. The van der Waals surface area contributed by atoms with Gasteiger partial charge in [0.15, 0.2) is 0 Å². The van der Waals surface area contributed by atoms with E-state index in [1.165, 1.54) is 77.2 Å². The molecule has 4 rings (SSSR count). The minimum Gasteiger partial charge on any atom is -0.481 e. The van der Waals surface area contributed by atoms with E-state index in [1.54, 1.807) is 0 Å². The summed E-state index contributed by atoms with van der Waals surface area (Å²) < 4.78 is 0. The lowest BCUT2D eigenvalue weighted by atomic mass is 9.76. The van der Waals surface area contributed by atoms with Gasteiger partial charge in [0.2, 0.25) is 0 Å². The predicted octanol–water partition coefficient (Wildman–Crippen LogP) is 5.20. The standard InChI is InChI=1S/C16H24O2.C6H15N/c17-14(18)10-11-1-3-15(5-6-15)12-2-4-16(7-8-16)13(12)9-11;1-4-5-6-7(2)3/h11-13H,1-10H2,(H,17,18);4-6H2,1-3H3. The zero-order valence-electron chi connectivity index (χ0n) is 16.7. The molecule has 3 atom stereocenters. The Bertz CT molecular complexity index is 465. The number of hydrogen-bond acceptors (Lipinski definition) is 2. The molecular formula is C22H39NO2. The van der Waals surface area contributed by atoms with Gasteiger partial charge in [0, 0.05) is 6.42 Å². The number of fused-ring (bicyclic) bond motifs is 3. The Hall–Kier alpha value is -0.570. The van der Waals surface area contributed by atoms with E-state index >= 15 is 0 Å². The molecule has 0 aromatic rings. The largest absolute Gasteiger partial charge is 0.481 e. The van der Waals surface area contributed by atoms with Gasteiger partial charge in [-0.25, -0.2) is 0 Å². The van der Waals surface area contributed by atoms with E-state index in [-0.39, 0.29) is 0 Å². The van der Waals surface area contributed by atoms with Crippen LogP contribution in [0.2, 0.25) is 0 Å². The summed E-state index contributed by atoms with van der Waals surface area (Å²) >= 11 is 0. The Labute approximate surface area is 154 Å². The molecule has 3 heteroatoms. The number of carboxylic acids is 1. The van der Waals surface area contributed by atoms with Crippen molar-refractivity contribution in [2.45, 2.75) is 84.0 Å². The fourth-order valence-corrected chi connectivity index (χ4v) is 6.03. The van der Waals surface area contributed by atoms with Gasteiger partial charge in [-0.2, -0.15) is 0 Å². The van der Waals surface area contributed by atoms with Gasteiger partial charge in [0.1, 0.15) is 0 Å². The Morgan fingerprint density at radius 1 is 1.00 bits per heavy atom. The van der Waals surface area contributed by atoms with Crippen LogP contribution in [0.4, 0.5) is 0 Å². The molecule has 3 nitrogen and oxygen atoms in total. The first-order chi connectivity index (χ1) is 11.9. The lowest BCUT2D eigenvalue weighted by Crippen LogP contribution is -2.23. The van der Waals surface area contributed by atoms with Gasteiger partial charge in [0.05, 0.1) is 0 Å². The molecule has 0 radical (unpaired) electrons. The van der Waals surface area contributed by atoms with Crippen molar-refractivity contribution < 1.29 is 9.90 Å². The van der Waals surface area contributed by atoms with E-state index in [1.807, 2.05) is 0 Å². The summed E-state index contributed by atoms with van der Waals surface area (Å²) in [5.41, 5.74) is 1.38. The second-order valence-corrected chi connectivity index (χ2v) is 9.87. The molecule has 4 aliphatic carbocycles. The van der Waals surface area contributed by atoms with Crippen LogP contribution in [0.1, 0.15) is 84.0 Å². The van der Waals surface area contributed by atoms with E-state index < -0.39 is 5.97 Å². The monoisotopic (exact) mass is 349 g/mol. The summed E-state index contributed by atoms with van der Waals surface area (Å²) in [5, 5.41) is 9.09. The Kier molecular flexibility index (Phi) is 5.82. The molecule has 25 heavy (non-hydrogen) atoms. The molecule has 4 saturated carbocycles. The number of rotatable bonds is 5. The minimum absolute atomic E-state index is 0.426. The average molecular weight is 350 g/mol. The molecular weight excluding hydrogens is 310 g/mol. The number of unbranched alkanes of at least 4 members (excludes halogenated alkanes) is 1. The molecule has 4 aliphatic rings. The summed E-state index contributed by atoms with van der Waals surface area (Å²) in [6.07, 6.45) is 15.5. The number of carboxylic acid groups (broad SMARTS) is 1. The van der Waals surface area contributed by atoms with Crippen molar-refractivity contribution in [1.82, 2.24) is 4.90 Å². The third-order valence-corrected chi connectivity index (χ3v) is 7.86. The summed E-state index contributed by atoms with van der Waals surface area (Å²) in [5.74, 6) is 1.77. The van der Waals surface area contributed by atoms with Crippen LogP contribution < -0.4 is 0 Å². The van der Waals surface area contributed by atoms with Gasteiger partial charge in [-0.1, -0.05) is 13.3 Å². The highest BCUT2D eigenvalue weighted by molar-refractivity contribution is 5.67. The molecule has 0 amide bonds. The van der Waals surface area contributed by atoms with E-state index in [0.29, 0.717) is 23.2 Å². The molecule has 0 heterocycles. The van der Waals surface area contributed by atoms with Crippen molar-refractivity contribution in [3.63, 3.8) is 0 Å². The van der Waals surface area contributed by atoms with E-state index in [4.69, 9.17) is 5.11 Å². The number of nitrogens with zero attached hydrogens (tertiary/aromatic N) is 1. The van der Waals surface area contributed by atoms with Gasteiger partial charge < -0.3 is 10.0 Å². The maximum absolute atomic E-state index is 11.0. The van der Waals surface area contributed by atoms with Crippen molar-refractivity contribution in [3.05, 3.63) is 0 Å². The van der Waals surface area contributed by atoms with Gasteiger partial charge in [0.25, 0.3) is 0 Å². The van der Waals surface area contributed by atoms with Crippen LogP contribution in [0.5, 0.6) is 0 Å². The Morgan fingerprint density at radius 2 is 1.60 bits per heavy atom. The summed E-state index contributed by atoms with van der Waals surface area (Å²) in [7, 11) is 4.21. The maximum atomic E-state index is 11.0. The lowest BCUT2D eigenvalue weighted by Gasteiger charge is -2.29. The van der Waals surface area contributed by atoms with E-state index in [9.17, 15) is 4.79 Å². The second-order valence-electron chi connectivity index (χ2n) is 9.87. The van der Waals surface area contributed by atoms with Gasteiger partial charge >= 0.3 is 5.97 Å². The van der Waals surface area contributed by atoms with Crippen molar-refractivity contribution in [1.29, 1.82) is 0 Å². The van der Waals surface area contributed by atoms with Gasteiger partial charge in [-0.3, -0.25) is 4.79 Å². The molecule has 0 aromatic heterocycles. The second kappa shape index (κ2) is 7.58. The zero-order valence-corrected chi connectivity index (χ0v) is 16.7. The highest BCUT2D eigenvalue weighted by Crippen LogP contribution is 2.73. The number of carbonyl (C=O) groups is 1. The van der Waals surface area contributed by atoms with Gasteiger partial charge in [-0.05, 0) is 113 Å². The third kappa shape index (κ3) is 4.40. The van der Waals surface area contributed by atoms with Crippen LogP contribution in [-0.2, 0) is 4.79 Å². The fraction of sp³-hybridized carbons (Fsp3) is 0.955. The van der Waals surface area contributed by atoms with Crippen LogP contribution >= 0.6 is 0 Å². The van der Waals surface area contributed by atoms with Crippen LogP contribution in [0.15, 0.2) is 0 Å². The molecule has 2 spiro atoms. The van der Waals surface area contributed by atoms with Crippen LogP contribution in [0, 0.1) is 28.6 Å². The summed E-state index contributed by atoms with van der Waals surface area (Å²) in [6, 6.07) is 0. The lowest BCUT2D eigenvalue weighted by molar-refractivity contribution is -0.138. The first-order valence-corrected chi connectivity index (χ1v) is 10.8.